The summed E-state index contributed by atoms with van der Waals surface area (Å²) in [5.74, 6) is 1.05. The summed E-state index contributed by atoms with van der Waals surface area (Å²) in [6, 6.07) is 13.4. The second-order valence-electron chi connectivity index (χ2n) is 9.40. The van der Waals surface area contributed by atoms with Crippen molar-refractivity contribution in [1.82, 2.24) is 9.21 Å². The largest absolute Gasteiger partial charge is 0.493 e. The molecular formula is C29H38N2O5S2. The Labute approximate surface area is 231 Å². The Morgan fingerprint density at radius 3 is 2.21 bits per heavy atom. The summed E-state index contributed by atoms with van der Waals surface area (Å²) in [5.41, 5.74) is 3.39. The van der Waals surface area contributed by atoms with Crippen molar-refractivity contribution in [3.05, 3.63) is 75.0 Å². The SMILES string of the molecule is CCCN(CC(=O)N(CCc1ccc(OC)c(OC)c1)Cc1cccs1)S(=O)(=O)c1c(C)cc(C)cc1C. The van der Waals surface area contributed by atoms with Gasteiger partial charge in [-0.05, 0) is 73.9 Å². The molecule has 1 aromatic heterocycles. The van der Waals surface area contributed by atoms with E-state index >= 15 is 0 Å². The summed E-state index contributed by atoms with van der Waals surface area (Å²) in [4.78, 5) is 16.8. The maximum atomic E-state index is 13.8. The number of sulfonamides is 1. The number of rotatable bonds is 13. The highest BCUT2D eigenvalue weighted by Gasteiger charge is 2.30. The van der Waals surface area contributed by atoms with Crippen LogP contribution in [0, 0.1) is 20.8 Å². The van der Waals surface area contributed by atoms with E-state index in [1.165, 1.54) is 4.31 Å². The van der Waals surface area contributed by atoms with E-state index in [1.807, 2.05) is 75.5 Å². The van der Waals surface area contributed by atoms with Crippen LogP contribution in [0.4, 0.5) is 0 Å². The van der Waals surface area contributed by atoms with Gasteiger partial charge in [0.15, 0.2) is 11.5 Å². The van der Waals surface area contributed by atoms with Crippen LogP contribution < -0.4 is 9.47 Å². The van der Waals surface area contributed by atoms with E-state index in [2.05, 4.69) is 0 Å². The number of hydrogen-bond donors (Lipinski definition) is 0. The number of ether oxygens (including phenoxy) is 2. The Kier molecular flexibility index (Phi) is 10.4. The number of hydrogen-bond acceptors (Lipinski definition) is 6. The first-order valence-corrected chi connectivity index (χ1v) is 15.0. The summed E-state index contributed by atoms with van der Waals surface area (Å²) < 4.78 is 39.7. The lowest BCUT2D eigenvalue weighted by Crippen LogP contribution is -2.43. The average Bonchev–Trinajstić information content (AvgIpc) is 3.38. The first kappa shape index (κ1) is 29.7. The molecule has 206 valence electrons. The van der Waals surface area contributed by atoms with E-state index in [1.54, 1.807) is 30.5 Å². The minimum atomic E-state index is -3.86. The molecule has 0 radical (unpaired) electrons. The molecule has 7 nitrogen and oxygen atoms in total. The third-order valence-electron chi connectivity index (χ3n) is 6.39. The second-order valence-corrected chi connectivity index (χ2v) is 12.3. The van der Waals surface area contributed by atoms with Gasteiger partial charge in [0.25, 0.3) is 0 Å². The molecule has 0 fully saturated rings. The van der Waals surface area contributed by atoms with Crippen LogP contribution in [0.2, 0.25) is 0 Å². The number of nitrogens with zero attached hydrogens (tertiary/aromatic N) is 2. The van der Waals surface area contributed by atoms with Crippen molar-refractivity contribution in [2.24, 2.45) is 0 Å². The van der Waals surface area contributed by atoms with Gasteiger partial charge in [-0.3, -0.25) is 4.79 Å². The first-order valence-electron chi connectivity index (χ1n) is 12.7. The maximum absolute atomic E-state index is 13.8. The van der Waals surface area contributed by atoms with E-state index in [0.29, 0.717) is 53.5 Å². The third-order valence-corrected chi connectivity index (χ3v) is 9.40. The van der Waals surface area contributed by atoms with Crippen molar-refractivity contribution in [1.29, 1.82) is 0 Å². The molecule has 3 rings (SSSR count). The molecule has 2 aromatic carbocycles. The number of benzene rings is 2. The van der Waals surface area contributed by atoms with Gasteiger partial charge < -0.3 is 14.4 Å². The van der Waals surface area contributed by atoms with Crippen LogP contribution in [0.1, 0.15) is 40.5 Å². The smallest absolute Gasteiger partial charge is 0.244 e. The number of methoxy groups -OCH3 is 2. The molecule has 0 unspecified atom stereocenters. The van der Waals surface area contributed by atoms with Crippen molar-refractivity contribution < 1.29 is 22.7 Å². The summed E-state index contributed by atoms with van der Waals surface area (Å²) in [6.45, 7) is 8.41. The molecule has 1 heterocycles. The summed E-state index contributed by atoms with van der Waals surface area (Å²) >= 11 is 1.58. The lowest BCUT2D eigenvalue weighted by molar-refractivity contribution is -0.132. The summed E-state index contributed by atoms with van der Waals surface area (Å²) in [6.07, 6.45) is 1.20. The van der Waals surface area contributed by atoms with Gasteiger partial charge in [-0.1, -0.05) is 36.8 Å². The molecule has 0 saturated heterocycles. The van der Waals surface area contributed by atoms with Gasteiger partial charge in [0.2, 0.25) is 15.9 Å². The van der Waals surface area contributed by atoms with Crippen molar-refractivity contribution in [2.45, 2.75) is 52.0 Å². The molecule has 0 N–H and O–H groups in total. The Morgan fingerprint density at radius 1 is 0.947 bits per heavy atom. The monoisotopic (exact) mass is 558 g/mol. The van der Waals surface area contributed by atoms with Crippen molar-refractivity contribution >= 4 is 27.3 Å². The van der Waals surface area contributed by atoms with Crippen LogP contribution in [-0.2, 0) is 27.8 Å². The van der Waals surface area contributed by atoms with E-state index in [4.69, 9.17) is 9.47 Å². The molecule has 0 spiro atoms. The van der Waals surface area contributed by atoms with E-state index in [0.717, 1.165) is 16.0 Å². The van der Waals surface area contributed by atoms with Crippen LogP contribution in [-0.4, -0.2) is 57.4 Å². The Bertz CT molecular complexity index is 1310. The molecule has 9 heteroatoms. The number of carbonyl (C=O) groups excluding carboxylic acids is 1. The topological polar surface area (TPSA) is 76.2 Å². The lowest BCUT2D eigenvalue weighted by Gasteiger charge is -2.28. The van der Waals surface area contributed by atoms with E-state index in [-0.39, 0.29) is 19.0 Å². The van der Waals surface area contributed by atoms with Gasteiger partial charge in [0.1, 0.15) is 0 Å². The predicted molar refractivity (Wildman–Crippen MR) is 153 cm³/mol. The number of thiophene rings is 1. The van der Waals surface area contributed by atoms with Crippen LogP contribution in [0.5, 0.6) is 11.5 Å². The number of carbonyl (C=O) groups is 1. The number of aryl methyl sites for hydroxylation is 3. The minimum Gasteiger partial charge on any atom is -0.493 e. The molecule has 3 aromatic rings. The standard InChI is InChI=1S/C29H38N2O5S2/c1-7-13-31(38(33,34)29-22(3)16-21(2)17-23(29)4)20-28(32)30(19-25-9-8-15-37-25)14-12-24-10-11-26(35-5)27(18-24)36-6/h8-11,15-18H,7,12-14,19-20H2,1-6H3. The zero-order valence-electron chi connectivity index (χ0n) is 23.1. The van der Waals surface area contributed by atoms with Crippen molar-refractivity contribution in [3.8, 4) is 11.5 Å². The normalized spacial score (nSPS) is 11.6. The van der Waals surface area contributed by atoms with E-state index < -0.39 is 10.0 Å². The van der Waals surface area contributed by atoms with Gasteiger partial charge in [-0.25, -0.2) is 8.42 Å². The van der Waals surface area contributed by atoms with Crippen LogP contribution in [0.3, 0.4) is 0 Å². The molecule has 0 atom stereocenters. The highest BCUT2D eigenvalue weighted by molar-refractivity contribution is 7.89. The zero-order chi connectivity index (χ0) is 27.9. The fourth-order valence-electron chi connectivity index (χ4n) is 4.67. The molecule has 0 bridgehead atoms. The fourth-order valence-corrected chi connectivity index (χ4v) is 7.28. The maximum Gasteiger partial charge on any atom is 0.244 e. The fraction of sp³-hybridized carbons (Fsp3) is 0.414. The lowest BCUT2D eigenvalue weighted by atomic mass is 10.1. The molecule has 0 saturated carbocycles. The summed E-state index contributed by atoms with van der Waals surface area (Å²) in [5, 5.41) is 1.98. The quantitative estimate of drug-likeness (QED) is 0.282. The van der Waals surface area contributed by atoms with Crippen LogP contribution >= 0.6 is 11.3 Å². The van der Waals surface area contributed by atoms with Gasteiger partial charge >= 0.3 is 0 Å². The van der Waals surface area contributed by atoms with Crippen LogP contribution in [0.25, 0.3) is 0 Å². The highest BCUT2D eigenvalue weighted by Crippen LogP contribution is 2.28. The van der Waals surface area contributed by atoms with Gasteiger partial charge in [-0.2, -0.15) is 4.31 Å². The van der Waals surface area contributed by atoms with Crippen molar-refractivity contribution in [3.63, 3.8) is 0 Å². The molecular weight excluding hydrogens is 520 g/mol. The summed E-state index contributed by atoms with van der Waals surface area (Å²) in [7, 11) is -0.674. The van der Waals surface area contributed by atoms with Crippen molar-refractivity contribution in [2.75, 3.05) is 33.9 Å². The van der Waals surface area contributed by atoms with Crippen LogP contribution in [0.15, 0.2) is 52.7 Å². The molecule has 0 aliphatic rings. The Morgan fingerprint density at radius 2 is 1.63 bits per heavy atom. The third kappa shape index (κ3) is 7.15. The molecule has 0 aliphatic heterocycles. The van der Waals surface area contributed by atoms with Gasteiger partial charge in [0, 0.05) is 18.0 Å². The van der Waals surface area contributed by atoms with E-state index in [9.17, 15) is 13.2 Å². The van der Waals surface area contributed by atoms with Gasteiger partial charge in [-0.15, -0.1) is 11.3 Å². The van der Waals surface area contributed by atoms with Gasteiger partial charge in [0.05, 0.1) is 32.2 Å². The average molecular weight is 559 g/mol. The molecule has 0 aliphatic carbocycles. The molecule has 1 amide bonds. The molecule has 38 heavy (non-hydrogen) atoms. The Balaban J connectivity index is 1.86. The zero-order valence-corrected chi connectivity index (χ0v) is 24.7. The number of amides is 1. The second kappa shape index (κ2) is 13.3. The minimum absolute atomic E-state index is 0.208. The Hall–Kier alpha value is -2.88. The highest BCUT2D eigenvalue weighted by atomic mass is 32.2. The predicted octanol–water partition coefficient (Wildman–Crippen LogP) is 5.36. The first-order chi connectivity index (χ1) is 18.1.